The van der Waals surface area contributed by atoms with E-state index in [4.69, 9.17) is 5.11 Å². The fourth-order valence-corrected chi connectivity index (χ4v) is 2.56. The molecule has 2 aromatic rings. The average Bonchev–Trinajstić information content (AvgIpc) is 2.89. The van der Waals surface area contributed by atoms with E-state index in [0.29, 0.717) is 11.0 Å². The van der Waals surface area contributed by atoms with E-state index < -0.39 is 12.0 Å². The summed E-state index contributed by atoms with van der Waals surface area (Å²) < 4.78 is 0.691. The highest BCUT2D eigenvalue weighted by atomic mass is 79.9. The molecular formula is C13H11BrN2O3S. The third kappa shape index (κ3) is 3.82. The summed E-state index contributed by atoms with van der Waals surface area (Å²) in [5.41, 5.74) is 0.287. The fourth-order valence-electron chi connectivity index (χ4n) is 1.55. The average molecular weight is 355 g/mol. The predicted molar refractivity (Wildman–Crippen MR) is 81.3 cm³/mol. The first-order valence-electron chi connectivity index (χ1n) is 5.66. The Kier molecular flexibility index (Phi) is 4.75. The lowest BCUT2D eigenvalue weighted by Crippen LogP contribution is -2.28. The summed E-state index contributed by atoms with van der Waals surface area (Å²) in [6.45, 7) is 0.403. The van der Waals surface area contributed by atoms with E-state index in [1.54, 1.807) is 12.1 Å². The second-order valence-electron chi connectivity index (χ2n) is 3.88. The molecule has 2 amide bonds. The number of amides is 2. The van der Waals surface area contributed by atoms with Crippen LogP contribution in [0.2, 0.25) is 0 Å². The Morgan fingerprint density at radius 1 is 1.30 bits per heavy atom. The topological polar surface area (TPSA) is 78.4 Å². The maximum atomic E-state index is 11.8. The predicted octanol–water partition coefficient (Wildman–Crippen LogP) is 3.53. The summed E-state index contributed by atoms with van der Waals surface area (Å²) in [4.78, 5) is 23.9. The number of hydrogen-bond acceptors (Lipinski definition) is 3. The Labute approximate surface area is 127 Å². The van der Waals surface area contributed by atoms with Gasteiger partial charge in [-0.15, -0.1) is 11.3 Å². The van der Waals surface area contributed by atoms with Crippen molar-refractivity contribution in [2.45, 2.75) is 6.54 Å². The van der Waals surface area contributed by atoms with Crippen molar-refractivity contribution in [2.24, 2.45) is 0 Å². The van der Waals surface area contributed by atoms with Gasteiger partial charge in [0.25, 0.3) is 0 Å². The molecule has 1 heterocycles. The molecule has 1 aromatic heterocycles. The third-order valence-corrected chi connectivity index (χ3v) is 3.83. The minimum atomic E-state index is -1.09. The molecule has 7 heteroatoms. The van der Waals surface area contributed by atoms with Gasteiger partial charge < -0.3 is 15.7 Å². The lowest BCUT2D eigenvalue weighted by Gasteiger charge is -2.10. The Hall–Kier alpha value is -1.86. The number of carboxylic acids is 1. The highest BCUT2D eigenvalue weighted by molar-refractivity contribution is 9.10. The van der Waals surface area contributed by atoms with E-state index in [9.17, 15) is 9.59 Å². The van der Waals surface area contributed by atoms with Crippen molar-refractivity contribution in [3.63, 3.8) is 0 Å². The van der Waals surface area contributed by atoms with Gasteiger partial charge in [-0.05, 0) is 29.6 Å². The maximum absolute atomic E-state index is 11.8. The van der Waals surface area contributed by atoms with E-state index in [1.165, 1.54) is 17.4 Å². The molecule has 104 valence electrons. The third-order valence-electron chi connectivity index (χ3n) is 2.46. The summed E-state index contributed by atoms with van der Waals surface area (Å²) in [5.74, 6) is -1.09. The second kappa shape index (κ2) is 6.53. The van der Waals surface area contributed by atoms with Crippen LogP contribution in [0, 0.1) is 0 Å². The Morgan fingerprint density at radius 2 is 2.10 bits per heavy atom. The lowest BCUT2D eigenvalue weighted by atomic mass is 10.2. The van der Waals surface area contributed by atoms with Gasteiger partial charge >= 0.3 is 12.0 Å². The minimum absolute atomic E-state index is 0.0412. The van der Waals surface area contributed by atoms with E-state index >= 15 is 0 Å². The number of anilines is 1. The number of carbonyl (C=O) groups excluding carboxylic acids is 1. The SMILES string of the molecule is O=C(NCc1cccs1)Nc1cc(Br)ccc1C(=O)O. The standard InChI is InChI=1S/C13H11BrN2O3S/c14-8-3-4-10(12(17)18)11(6-8)16-13(19)15-7-9-2-1-5-20-9/h1-6H,7H2,(H,17,18)(H2,15,16,19). The zero-order valence-corrected chi connectivity index (χ0v) is 12.6. The van der Waals surface area contributed by atoms with E-state index in [-0.39, 0.29) is 11.3 Å². The summed E-state index contributed by atoms with van der Waals surface area (Å²) in [7, 11) is 0. The smallest absolute Gasteiger partial charge is 0.337 e. The molecule has 3 N–H and O–H groups in total. The van der Waals surface area contributed by atoms with Crippen LogP contribution in [-0.4, -0.2) is 17.1 Å². The van der Waals surface area contributed by atoms with Crippen molar-refractivity contribution in [3.05, 3.63) is 50.6 Å². The molecule has 5 nitrogen and oxygen atoms in total. The van der Waals surface area contributed by atoms with Crippen molar-refractivity contribution in [1.82, 2.24) is 5.32 Å². The highest BCUT2D eigenvalue weighted by Gasteiger charge is 2.12. The number of carboxylic acid groups (broad SMARTS) is 1. The molecule has 0 bridgehead atoms. The summed E-state index contributed by atoms with van der Waals surface area (Å²) >= 11 is 4.78. The van der Waals surface area contributed by atoms with Crippen molar-refractivity contribution in [2.75, 3.05) is 5.32 Å². The zero-order valence-electron chi connectivity index (χ0n) is 10.2. The van der Waals surface area contributed by atoms with Gasteiger partial charge in [-0.3, -0.25) is 0 Å². The molecule has 0 aliphatic heterocycles. The molecule has 2 rings (SSSR count). The van der Waals surface area contributed by atoms with Crippen LogP contribution in [0.3, 0.4) is 0 Å². The first-order chi connectivity index (χ1) is 9.56. The number of urea groups is 1. The summed E-state index contributed by atoms with van der Waals surface area (Å²) in [5, 5.41) is 16.2. The molecular weight excluding hydrogens is 344 g/mol. The number of halogens is 1. The molecule has 1 aromatic carbocycles. The van der Waals surface area contributed by atoms with Gasteiger partial charge in [-0.25, -0.2) is 9.59 Å². The highest BCUT2D eigenvalue weighted by Crippen LogP contribution is 2.21. The number of aromatic carboxylic acids is 1. The molecule has 0 aliphatic rings. The van der Waals surface area contributed by atoms with Crippen LogP contribution in [0.25, 0.3) is 0 Å². The van der Waals surface area contributed by atoms with Crippen LogP contribution < -0.4 is 10.6 Å². The summed E-state index contributed by atoms with van der Waals surface area (Å²) in [6, 6.07) is 7.95. The van der Waals surface area contributed by atoms with Gasteiger partial charge in [-0.2, -0.15) is 0 Å². The van der Waals surface area contributed by atoms with Crippen molar-refractivity contribution in [1.29, 1.82) is 0 Å². The van der Waals surface area contributed by atoms with E-state index in [0.717, 1.165) is 4.88 Å². The van der Waals surface area contributed by atoms with Crippen molar-refractivity contribution < 1.29 is 14.7 Å². The van der Waals surface area contributed by atoms with Crippen LogP contribution in [0.4, 0.5) is 10.5 Å². The van der Waals surface area contributed by atoms with Crippen molar-refractivity contribution in [3.8, 4) is 0 Å². The maximum Gasteiger partial charge on any atom is 0.337 e. The van der Waals surface area contributed by atoms with Gasteiger partial charge in [0.15, 0.2) is 0 Å². The quantitative estimate of drug-likeness (QED) is 0.785. The normalized spacial score (nSPS) is 10.1. The van der Waals surface area contributed by atoms with Crippen LogP contribution in [0.15, 0.2) is 40.2 Å². The van der Waals surface area contributed by atoms with E-state index in [1.807, 2.05) is 17.5 Å². The fraction of sp³-hybridized carbons (Fsp3) is 0.0769. The zero-order chi connectivity index (χ0) is 14.5. The molecule has 20 heavy (non-hydrogen) atoms. The lowest BCUT2D eigenvalue weighted by molar-refractivity contribution is 0.0698. The number of hydrogen-bond donors (Lipinski definition) is 3. The molecule has 0 saturated heterocycles. The van der Waals surface area contributed by atoms with Gasteiger partial charge in [0.1, 0.15) is 0 Å². The van der Waals surface area contributed by atoms with Crippen LogP contribution >= 0.6 is 27.3 Å². The molecule has 0 unspecified atom stereocenters. The van der Waals surface area contributed by atoms with Gasteiger partial charge in [-0.1, -0.05) is 22.0 Å². The van der Waals surface area contributed by atoms with Crippen molar-refractivity contribution >= 4 is 45.0 Å². The Bertz CT molecular complexity index is 629. The number of thiophene rings is 1. The molecule has 0 atom stereocenters. The van der Waals surface area contributed by atoms with Crippen LogP contribution in [0.5, 0.6) is 0 Å². The summed E-state index contributed by atoms with van der Waals surface area (Å²) in [6.07, 6.45) is 0. The van der Waals surface area contributed by atoms with Gasteiger partial charge in [0, 0.05) is 9.35 Å². The minimum Gasteiger partial charge on any atom is -0.478 e. The van der Waals surface area contributed by atoms with Gasteiger partial charge in [0.2, 0.25) is 0 Å². The van der Waals surface area contributed by atoms with Crippen LogP contribution in [0.1, 0.15) is 15.2 Å². The second-order valence-corrected chi connectivity index (χ2v) is 5.83. The Balaban J connectivity index is 2.03. The number of benzene rings is 1. The van der Waals surface area contributed by atoms with Crippen LogP contribution in [-0.2, 0) is 6.54 Å². The largest absolute Gasteiger partial charge is 0.478 e. The molecule has 0 saturated carbocycles. The molecule has 0 aliphatic carbocycles. The van der Waals surface area contributed by atoms with E-state index in [2.05, 4.69) is 26.6 Å². The first-order valence-corrected chi connectivity index (χ1v) is 7.33. The number of rotatable bonds is 4. The van der Waals surface area contributed by atoms with Gasteiger partial charge in [0.05, 0.1) is 17.8 Å². The molecule has 0 spiro atoms. The first kappa shape index (κ1) is 14.5. The molecule has 0 fully saturated rings. The Morgan fingerprint density at radius 3 is 2.75 bits per heavy atom. The number of carbonyl (C=O) groups is 2. The molecule has 0 radical (unpaired) electrons. The number of nitrogens with one attached hydrogen (secondary N) is 2. The monoisotopic (exact) mass is 354 g/mol.